The van der Waals surface area contributed by atoms with Crippen LogP contribution in [0.1, 0.15) is 54.6 Å². The molecule has 0 aliphatic carbocycles. The number of hydrogen-bond donors (Lipinski definition) is 1. The third-order valence-corrected chi connectivity index (χ3v) is 6.22. The monoisotopic (exact) mass is 469 g/mol. The fraction of sp³-hybridized carbons (Fsp3) is 0.464. The molecule has 2 aromatic rings. The Kier molecular flexibility index (Phi) is 9.25. The molecule has 5 nitrogen and oxygen atoms in total. The van der Waals surface area contributed by atoms with Crippen molar-refractivity contribution in [3.63, 3.8) is 0 Å². The van der Waals surface area contributed by atoms with E-state index in [1.807, 2.05) is 25.1 Å². The van der Waals surface area contributed by atoms with Crippen molar-refractivity contribution in [3.8, 4) is 11.5 Å². The highest BCUT2D eigenvalue weighted by Gasteiger charge is 2.25. The number of benzene rings is 2. The van der Waals surface area contributed by atoms with Crippen LogP contribution in [-0.4, -0.2) is 55.2 Å². The van der Waals surface area contributed by atoms with E-state index in [0.29, 0.717) is 29.2 Å². The smallest absolute Gasteiger partial charge is 0.196 e. The van der Waals surface area contributed by atoms with Gasteiger partial charge in [0.2, 0.25) is 0 Å². The van der Waals surface area contributed by atoms with Gasteiger partial charge in [0, 0.05) is 24.2 Å². The largest absolute Gasteiger partial charge is 0.497 e. The molecule has 1 heterocycles. The van der Waals surface area contributed by atoms with Gasteiger partial charge >= 0.3 is 0 Å². The van der Waals surface area contributed by atoms with Crippen LogP contribution in [-0.2, 0) is 0 Å². The molecule has 1 fully saturated rings. The molecule has 34 heavy (non-hydrogen) atoms. The zero-order valence-electron chi connectivity index (χ0n) is 20.6. The average molecular weight is 470 g/mol. The van der Waals surface area contributed by atoms with Crippen molar-refractivity contribution >= 4 is 11.4 Å². The molecule has 1 saturated heterocycles. The first kappa shape index (κ1) is 25.9. The number of Topliss-reactive ketones (excluding diaryl/α,β-unsaturated/α-hetero) is 1. The van der Waals surface area contributed by atoms with Crippen LogP contribution in [0.5, 0.6) is 11.5 Å². The molecule has 0 aromatic heterocycles. The van der Waals surface area contributed by atoms with Gasteiger partial charge in [-0.2, -0.15) is 0 Å². The molecule has 0 bridgehead atoms. The van der Waals surface area contributed by atoms with Gasteiger partial charge in [-0.25, -0.2) is 4.39 Å². The number of likely N-dealkylation sites (tertiary alicyclic amines) is 1. The summed E-state index contributed by atoms with van der Waals surface area (Å²) in [6, 6.07) is 10.2. The predicted molar refractivity (Wildman–Crippen MR) is 133 cm³/mol. The van der Waals surface area contributed by atoms with E-state index in [0.717, 1.165) is 44.5 Å². The summed E-state index contributed by atoms with van der Waals surface area (Å²) in [5, 5.41) is 9.45. The van der Waals surface area contributed by atoms with Crippen molar-refractivity contribution in [2.24, 2.45) is 5.92 Å². The summed E-state index contributed by atoms with van der Waals surface area (Å²) in [6.45, 7) is 8.70. The molecule has 1 aliphatic heterocycles. The Bertz CT molecular complexity index is 996. The second-order valence-corrected chi connectivity index (χ2v) is 9.06. The number of rotatable bonds is 12. The molecular formula is C28H36FNO4. The summed E-state index contributed by atoms with van der Waals surface area (Å²) < 4.78 is 26.0. The molecule has 1 unspecified atom stereocenters. The minimum atomic E-state index is -0.547. The maximum absolute atomic E-state index is 15.0. The maximum Gasteiger partial charge on any atom is 0.196 e. The summed E-state index contributed by atoms with van der Waals surface area (Å²) in [5.74, 6) is 0.452. The summed E-state index contributed by atoms with van der Waals surface area (Å²) in [6.07, 6.45) is 4.42. The molecule has 0 radical (unpaired) electrons. The number of ether oxygens (including phenoxy) is 2. The highest BCUT2D eigenvalue weighted by atomic mass is 19.1. The lowest BCUT2D eigenvalue weighted by Gasteiger charge is -2.35. The van der Waals surface area contributed by atoms with Gasteiger partial charge < -0.3 is 14.6 Å². The predicted octanol–water partition coefficient (Wildman–Crippen LogP) is 5.29. The van der Waals surface area contributed by atoms with Crippen molar-refractivity contribution < 1.29 is 23.8 Å². The van der Waals surface area contributed by atoms with E-state index < -0.39 is 5.82 Å². The molecule has 1 N–H and O–H groups in total. The third-order valence-electron chi connectivity index (χ3n) is 6.22. The summed E-state index contributed by atoms with van der Waals surface area (Å²) in [4.78, 5) is 16.0. The van der Waals surface area contributed by atoms with E-state index in [9.17, 15) is 14.3 Å². The lowest BCUT2D eigenvalue weighted by molar-refractivity contribution is 0.00124. The second-order valence-electron chi connectivity index (χ2n) is 9.06. The number of halogens is 1. The standard InChI is InChI=1S/C28H36FNO4/c1-5-15-34-26-13-12-25(29)27(20(26)3)28(32)24(21-8-10-23(33-4)11-9-21)16-19(2)7-6-14-30-17-22(31)18-30/h8-13,16,19,22,31H,5-7,14-15,17-18H2,1-4H3. The number of hydrogen-bond acceptors (Lipinski definition) is 5. The fourth-order valence-corrected chi connectivity index (χ4v) is 4.24. The van der Waals surface area contributed by atoms with Gasteiger partial charge in [0.25, 0.3) is 0 Å². The van der Waals surface area contributed by atoms with E-state index in [-0.39, 0.29) is 23.4 Å². The van der Waals surface area contributed by atoms with Gasteiger partial charge in [0.1, 0.15) is 17.3 Å². The van der Waals surface area contributed by atoms with Crippen molar-refractivity contribution in [3.05, 3.63) is 65.0 Å². The van der Waals surface area contributed by atoms with Crippen LogP contribution in [0, 0.1) is 18.7 Å². The van der Waals surface area contributed by atoms with Gasteiger partial charge in [-0.3, -0.25) is 9.69 Å². The topological polar surface area (TPSA) is 59.0 Å². The van der Waals surface area contributed by atoms with Crippen LogP contribution in [0.2, 0.25) is 0 Å². The molecule has 3 rings (SSSR count). The first-order valence-corrected chi connectivity index (χ1v) is 12.1. The van der Waals surface area contributed by atoms with Gasteiger partial charge in [0.15, 0.2) is 5.78 Å². The molecule has 1 aliphatic rings. The highest BCUT2D eigenvalue weighted by Crippen LogP contribution is 2.31. The van der Waals surface area contributed by atoms with E-state index in [1.165, 1.54) is 6.07 Å². The number of nitrogens with zero attached hydrogens (tertiary/aromatic N) is 1. The Labute approximate surface area is 202 Å². The number of methoxy groups -OCH3 is 1. The lowest BCUT2D eigenvalue weighted by atomic mass is 9.90. The number of aliphatic hydroxyl groups is 1. The second kappa shape index (κ2) is 12.1. The lowest BCUT2D eigenvalue weighted by Crippen LogP contribution is -2.50. The number of aliphatic hydroxyl groups excluding tert-OH is 1. The van der Waals surface area contributed by atoms with Crippen molar-refractivity contribution in [1.29, 1.82) is 0 Å². The van der Waals surface area contributed by atoms with Crippen LogP contribution in [0.4, 0.5) is 4.39 Å². The summed E-state index contributed by atoms with van der Waals surface area (Å²) >= 11 is 0. The van der Waals surface area contributed by atoms with Crippen LogP contribution in [0.15, 0.2) is 42.5 Å². The fourth-order valence-electron chi connectivity index (χ4n) is 4.24. The van der Waals surface area contributed by atoms with E-state index >= 15 is 0 Å². The van der Waals surface area contributed by atoms with E-state index in [2.05, 4.69) is 11.8 Å². The Morgan fingerprint density at radius 1 is 1.24 bits per heavy atom. The number of allylic oxidation sites excluding steroid dienone is 2. The Hall–Kier alpha value is -2.70. The van der Waals surface area contributed by atoms with Crippen LogP contribution >= 0.6 is 0 Å². The van der Waals surface area contributed by atoms with E-state index in [4.69, 9.17) is 9.47 Å². The molecule has 0 amide bonds. The molecule has 1 atom stereocenters. The number of carbonyl (C=O) groups excluding carboxylic acids is 1. The Morgan fingerprint density at radius 2 is 1.94 bits per heavy atom. The average Bonchev–Trinajstić information content (AvgIpc) is 2.81. The highest BCUT2D eigenvalue weighted by molar-refractivity contribution is 6.29. The third kappa shape index (κ3) is 6.45. The zero-order chi connectivity index (χ0) is 24.7. The van der Waals surface area contributed by atoms with Crippen LogP contribution in [0.3, 0.4) is 0 Å². The first-order valence-electron chi connectivity index (χ1n) is 12.1. The van der Waals surface area contributed by atoms with Gasteiger partial charge in [0.05, 0.1) is 25.4 Å². The molecule has 6 heteroatoms. The zero-order valence-corrected chi connectivity index (χ0v) is 20.6. The van der Waals surface area contributed by atoms with Crippen LogP contribution in [0.25, 0.3) is 5.57 Å². The Morgan fingerprint density at radius 3 is 2.56 bits per heavy atom. The molecule has 0 spiro atoms. The maximum atomic E-state index is 15.0. The SMILES string of the molecule is CCCOc1ccc(F)c(C(=O)C(=CC(C)CCCN2CC(O)C2)c2ccc(OC)cc2)c1C. The van der Waals surface area contributed by atoms with Gasteiger partial charge in [-0.1, -0.05) is 32.1 Å². The van der Waals surface area contributed by atoms with E-state index in [1.54, 1.807) is 32.2 Å². The van der Waals surface area contributed by atoms with Gasteiger partial charge in [-0.15, -0.1) is 0 Å². The molecular weight excluding hydrogens is 433 g/mol. The minimum Gasteiger partial charge on any atom is -0.497 e. The molecule has 184 valence electrons. The van der Waals surface area contributed by atoms with Crippen LogP contribution < -0.4 is 9.47 Å². The number of carbonyl (C=O) groups is 1. The summed E-state index contributed by atoms with van der Waals surface area (Å²) in [5.41, 5.74) is 1.77. The first-order chi connectivity index (χ1) is 16.3. The quantitative estimate of drug-likeness (QED) is 0.338. The summed E-state index contributed by atoms with van der Waals surface area (Å²) in [7, 11) is 1.59. The van der Waals surface area contributed by atoms with Gasteiger partial charge in [-0.05, 0) is 68.5 Å². The molecule has 2 aromatic carbocycles. The number of β-amino-alcohol motifs (C(OH)–C–C–N with tert-alkyl or cyclic N) is 1. The number of ketones is 1. The normalized spacial score (nSPS) is 15.6. The Balaban J connectivity index is 1.88. The van der Waals surface area contributed by atoms with Crippen molar-refractivity contribution in [2.45, 2.75) is 46.1 Å². The minimum absolute atomic E-state index is 0.0532. The van der Waals surface area contributed by atoms with Crippen molar-refractivity contribution in [2.75, 3.05) is 33.4 Å². The molecule has 0 saturated carbocycles. The van der Waals surface area contributed by atoms with Crippen molar-refractivity contribution in [1.82, 2.24) is 4.90 Å².